The number of hydrogen-bond donors (Lipinski definition) is 0. The average Bonchev–Trinajstić information content (AvgIpc) is 2.89. The third kappa shape index (κ3) is 4.36. The first-order chi connectivity index (χ1) is 18.6. The highest BCUT2D eigenvalue weighted by Gasteiger charge is 2.28. The summed E-state index contributed by atoms with van der Waals surface area (Å²) in [6.45, 7) is 15.3. The summed E-state index contributed by atoms with van der Waals surface area (Å²) in [7, 11) is 0. The molecular formula is C37H34N2. The Morgan fingerprint density at radius 3 is 1.54 bits per heavy atom. The molecule has 0 spiro atoms. The molecule has 0 amide bonds. The second-order valence-electron chi connectivity index (χ2n) is 11.7. The van der Waals surface area contributed by atoms with Crippen molar-refractivity contribution in [3.05, 3.63) is 123 Å². The van der Waals surface area contributed by atoms with Crippen molar-refractivity contribution in [2.45, 2.75) is 53.9 Å². The van der Waals surface area contributed by atoms with Crippen molar-refractivity contribution in [2.24, 2.45) is 0 Å². The lowest BCUT2D eigenvalue weighted by atomic mass is 9.79. The molecule has 0 aliphatic rings. The lowest BCUT2D eigenvalue weighted by Gasteiger charge is -2.24. The molecule has 0 heterocycles. The van der Waals surface area contributed by atoms with Crippen LogP contribution in [0.25, 0.3) is 38.2 Å². The number of nitrogens with zero attached hydrogens (tertiary/aromatic N) is 2. The Balaban J connectivity index is 1.93. The van der Waals surface area contributed by atoms with E-state index in [1.165, 1.54) is 27.8 Å². The summed E-state index contributed by atoms with van der Waals surface area (Å²) in [5, 5.41) is 4.38. The van der Waals surface area contributed by atoms with Gasteiger partial charge in [0.25, 0.3) is 0 Å². The van der Waals surface area contributed by atoms with E-state index in [-0.39, 0.29) is 5.41 Å². The third-order valence-electron chi connectivity index (χ3n) is 7.85. The molecule has 0 aromatic heterocycles. The standard InChI is InChI=1S/C37H34N2/c1-9-26-18-22(2)33(23(3)19-26)36(39-38)35-30-16-12-10-14-28(30)34(29-15-11-13-17-31(29)35)32-24(4)20-27(21-25(32)5)37(6,7)8/h1,10-21H,2-8H3. The van der Waals surface area contributed by atoms with Gasteiger partial charge >= 0.3 is 5.71 Å². The number of terminal acetylenes is 1. The van der Waals surface area contributed by atoms with E-state index in [2.05, 4.69) is 106 Å². The van der Waals surface area contributed by atoms with Crippen LogP contribution in [0.4, 0.5) is 0 Å². The molecular weight excluding hydrogens is 472 g/mol. The van der Waals surface area contributed by atoms with Crippen molar-refractivity contribution >= 4 is 27.3 Å². The molecule has 2 heteroatoms. The first-order valence-electron chi connectivity index (χ1n) is 13.4. The molecule has 0 saturated heterocycles. The van der Waals surface area contributed by atoms with Crippen molar-refractivity contribution in [1.82, 2.24) is 0 Å². The highest BCUT2D eigenvalue weighted by atomic mass is 14.9. The predicted octanol–water partition coefficient (Wildman–Crippen LogP) is 9.24. The molecule has 0 saturated carbocycles. The van der Waals surface area contributed by atoms with Crippen LogP contribution in [0, 0.1) is 40.0 Å². The van der Waals surface area contributed by atoms with Gasteiger partial charge in [0.2, 0.25) is 0 Å². The highest BCUT2D eigenvalue weighted by Crippen LogP contribution is 2.43. The fourth-order valence-corrected chi connectivity index (χ4v) is 6.09. The summed E-state index contributed by atoms with van der Waals surface area (Å²) >= 11 is 0. The van der Waals surface area contributed by atoms with Gasteiger partial charge in [0.15, 0.2) is 0 Å². The summed E-state index contributed by atoms with van der Waals surface area (Å²) < 4.78 is 0. The molecule has 0 aliphatic carbocycles. The first kappa shape index (κ1) is 26.2. The minimum absolute atomic E-state index is 0.0687. The second-order valence-corrected chi connectivity index (χ2v) is 11.7. The van der Waals surface area contributed by atoms with Gasteiger partial charge in [0.05, 0.1) is 11.1 Å². The molecule has 0 bridgehead atoms. The Kier molecular flexibility index (Phi) is 6.51. The molecule has 0 aliphatic heterocycles. The first-order valence-corrected chi connectivity index (χ1v) is 13.4. The zero-order valence-corrected chi connectivity index (χ0v) is 23.9. The molecule has 39 heavy (non-hydrogen) atoms. The van der Waals surface area contributed by atoms with Crippen LogP contribution in [0.1, 0.15) is 65.3 Å². The SMILES string of the molecule is C#Cc1cc(C)c(C(=[N+]=[N-])c2c3ccccc3c(-c3c(C)cc(C(C)(C)C)cc3C)c3ccccc23)c(C)c1. The highest BCUT2D eigenvalue weighted by molar-refractivity contribution is 6.29. The van der Waals surface area contributed by atoms with E-state index in [0.717, 1.165) is 49.4 Å². The van der Waals surface area contributed by atoms with Crippen LogP contribution < -0.4 is 0 Å². The zero-order chi connectivity index (χ0) is 28.1. The smallest absolute Gasteiger partial charge is 0.331 e. The van der Waals surface area contributed by atoms with Crippen LogP contribution >= 0.6 is 0 Å². The Morgan fingerprint density at radius 1 is 0.667 bits per heavy atom. The van der Waals surface area contributed by atoms with Gasteiger partial charge in [-0.05, 0) is 106 Å². The van der Waals surface area contributed by atoms with Crippen LogP contribution in [0.2, 0.25) is 0 Å². The van der Waals surface area contributed by atoms with Crippen LogP contribution in [-0.2, 0) is 5.41 Å². The molecule has 0 atom stereocenters. The molecule has 0 unspecified atom stereocenters. The van der Waals surface area contributed by atoms with Crippen LogP contribution in [0.3, 0.4) is 0 Å². The van der Waals surface area contributed by atoms with Crippen molar-refractivity contribution in [2.75, 3.05) is 0 Å². The maximum absolute atomic E-state index is 10.6. The van der Waals surface area contributed by atoms with Gasteiger partial charge < -0.3 is 5.53 Å². The van der Waals surface area contributed by atoms with E-state index in [1.54, 1.807) is 0 Å². The largest absolute Gasteiger partial charge is 0.361 e. The van der Waals surface area contributed by atoms with Crippen LogP contribution in [-0.4, -0.2) is 10.5 Å². The second kappa shape index (κ2) is 9.70. The molecule has 0 fully saturated rings. The van der Waals surface area contributed by atoms with Crippen molar-refractivity contribution in [3.8, 4) is 23.5 Å². The Hall–Kier alpha value is -4.44. The predicted molar refractivity (Wildman–Crippen MR) is 166 cm³/mol. The minimum atomic E-state index is 0.0687. The van der Waals surface area contributed by atoms with Gasteiger partial charge in [-0.25, -0.2) is 0 Å². The topological polar surface area (TPSA) is 36.4 Å². The van der Waals surface area contributed by atoms with E-state index >= 15 is 0 Å². The maximum atomic E-state index is 10.6. The molecule has 2 nitrogen and oxygen atoms in total. The Labute approximate surface area is 232 Å². The normalized spacial score (nSPS) is 11.4. The fraction of sp³-hybridized carbons (Fsp3) is 0.216. The number of hydrogen-bond acceptors (Lipinski definition) is 0. The number of aryl methyl sites for hydroxylation is 4. The van der Waals surface area contributed by atoms with Crippen molar-refractivity contribution < 1.29 is 4.79 Å². The number of fused-ring (bicyclic) bond motifs is 2. The van der Waals surface area contributed by atoms with Gasteiger partial charge in [-0.15, -0.1) is 6.42 Å². The van der Waals surface area contributed by atoms with Gasteiger partial charge in [-0.1, -0.05) is 87.4 Å². The van der Waals surface area contributed by atoms with E-state index in [4.69, 9.17) is 6.42 Å². The van der Waals surface area contributed by atoms with Gasteiger partial charge in [-0.2, -0.15) is 4.79 Å². The van der Waals surface area contributed by atoms with E-state index in [0.29, 0.717) is 5.71 Å². The fourth-order valence-electron chi connectivity index (χ4n) is 6.09. The van der Waals surface area contributed by atoms with Gasteiger partial charge in [0, 0.05) is 5.56 Å². The van der Waals surface area contributed by atoms with Crippen LogP contribution in [0.5, 0.6) is 0 Å². The minimum Gasteiger partial charge on any atom is -0.361 e. The quantitative estimate of drug-likeness (QED) is 0.0769. The van der Waals surface area contributed by atoms with E-state index < -0.39 is 0 Å². The molecule has 5 aromatic rings. The van der Waals surface area contributed by atoms with Crippen molar-refractivity contribution in [3.63, 3.8) is 0 Å². The Bertz CT molecular complexity index is 1780. The molecule has 0 radical (unpaired) electrons. The molecule has 5 aromatic carbocycles. The summed E-state index contributed by atoms with van der Waals surface area (Å²) in [6, 6.07) is 25.6. The maximum Gasteiger partial charge on any atom is 0.331 e. The lowest BCUT2D eigenvalue weighted by Crippen LogP contribution is -2.13. The number of rotatable bonds is 3. The molecule has 192 valence electrons. The summed E-state index contributed by atoms with van der Waals surface area (Å²) in [6.07, 6.45) is 5.71. The summed E-state index contributed by atoms with van der Waals surface area (Å²) in [5.74, 6) is 2.74. The molecule has 0 N–H and O–H groups in total. The van der Waals surface area contributed by atoms with Crippen LogP contribution in [0.15, 0.2) is 72.8 Å². The summed E-state index contributed by atoms with van der Waals surface area (Å²) in [4.78, 5) is 3.95. The lowest BCUT2D eigenvalue weighted by molar-refractivity contribution is -0.00264. The monoisotopic (exact) mass is 506 g/mol. The van der Waals surface area contributed by atoms with E-state index in [9.17, 15) is 5.53 Å². The number of benzene rings is 5. The van der Waals surface area contributed by atoms with Crippen molar-refractivity contribution in [1.29, 1.82) is 0 Å². The summed E-state index contributed by atoms with van der Waals surface area (Å²) in [5.41, 5.74) is 22.1. The Morgan fingerprint density at radius 2 is 1.13 bits per heavy atom. The average molecular weight is 507 g/mol. The third-order valence-corrected chi connectivity index (χ3v) is 7.85. The zero-order valence-electron chi connectivity index (χ0n) is 23.9. The molecule has 5 rings (SSSR count). The van der Waals surface area contributed by atoms with Gasteiger partial charge in [-0.3, -0.25) is 0 Å². The van der Waals surface area contributed by atoms with Gasteiger partial charge in [0.1, 0.15) is 0 Å². The van der Waals surface area contributed by atoms with E-state index in [1.807, 2.05) is 26.0 Å².